The van der Waals surface area contributed by atoms with Crippen LogP contribution < -0.4 is 5.72 Å². The molecule has 1 aliphatic rings. The zero-order chi connectivity index (χ0) is 15.8. The van der Waals surface area contributed by atoms with Gasteiger partial charge in [0.05, 0.1) is 18.2 Å². The Balaban J connectivity index is 1.62. The summed E-state index contributed by atoms with van der Waals surface area (Å²) < 4.78 is 9.46. The van der Waals surface area contributed by atoms with Crippen molar-refractivity contribution in [3.8, 4) is 0 Å². The van der Waals surface area contributed by atoms with Crippen molar-refractivity contribution in [2.75, 3.05) is 6.61 Å². The minimum absolute atomic E-state index is 0.00859. The summed E-state index contributed by atoms with van der Waals surface area (Å²) >= 11 is 1.39. The molecule has 1 aliphatic carbocycles. The van der Waals surface area contributed by atoms with Crippen molar-refractivity contribution in [1.82, 2.24) is 9.36 Å². The van der Waals surface area contributed by atoms with Gasteiger partial charge in [0.2, 0.25) is 0 Å². The van der Waals surface area contributed by atoms with E-state index in [0.29, 0.717) is 18.2 Å². The van der Waals surface area contributed by atoms with Gasteiger partial charge in [0.1, 0.15) is 5.01 Å². The van der Waals surface area contributed by atoms with Crippen molar-refractivity contribution in [3.05, 3.63) is 5.01 Å². The van der Waals surface area contributed by atoms with Crippen LogP contribution in [0, 0.1) is 5.92 Å². The predicted molar refractivity (Wildman–Crippen MR) is 89.7 cm³/mol. The van der Waals surface area contributed by atoms with Crippen LogP contribution in [0.3, 0.4) is 0 Å². The molecule has 2 rings (SSSR count). The van der Waals surface area contributed by atoms with Gasteiger partial charge in [-0.2, -0.15) is 4.37 Å². The van der Waals surface area contributed by atoms with Crippen molar-refractivity contribution in [1.29, 1.82) is 0 Å². The number of rotatable bonds is 8. The van der Waals surface area contributed by atoms with Gasteiger partial charge in [-0.25, -0.2) is 4.98 Å². The first kappa shape index (κ1) is 17.4. The highest BCUT2D eigenvalue weighted by Crippen LogP contribution is 2.36. The van der Waals surface area contributed by atoms with E-state index in [9.17, 15) is 4.79 Å². The smallest absolute Gasteiger partial charge is 0.308 e. The van der Waals surface area contributed by atoms with Crippen molar-refractivity contribution in [2.24, 2.45) is 5.92 Å². The molecule has 1 aromatic heterocycles. The van der Waals surface area contributed by atoms with Crippen molar-refractivity contribution in [3.63, 3.8) is 0 Å². The van der Waals surface area contributed by atoms with E-state index in [1.54, 1.807) is 0 Å². The summed E-state index contributed by atoms with van der Waals surface area (Å²) in [6.45, 7) is 2.78. The average molecular weight is 320 g/mol. The van der Waals surface area contributed by atoms with Crippen molar-refractivity contribution in [2.45, 2.75) is 70.6 Å². The van der Waals surface area contributed by atoms with Crippen LogP contribution in [0.2, 0.25) is 0 Å². The number of nitrogens with zero attached hydrogens (tertiary/aromatic N) is 2. The summed E-state index contributed by atoms with van der Waals surface area (Å²) in [5, 5.41) is 1.01. The number of carbonyl (C=O) groups excluding carboxylic acids is 1. The Hall–Kier alpha value is -0.905. The fourth-order valence-corrected chi connectivity index (χ4v) is 3.73. The first-order valence-corrected chi connectivity index (χ1v) is 9.23. The largest absolute Gasteiger partial charge is 0.465 e. The molecule has 4 nitrogen and oxygen atoms in total. The highest BCUT2D eigenvalue weighted by molar-refractivity contribution is 7.06. The molecule has 0 aromatic carbocycles. The van der Waals surface area contributed by atoms with Crippen LogP contribution in [0.5, 0.6) is 0 Å². The average Bonchev–Trinajstić information content (AvgIpc) is 2.97. The number of ether oxygens (including phenoxy) is 1. The molecule has 0 spiro atoms. The Labute approximate surface area is 138 Å². The number of hydrogen-bond acceptors (Lipinski definition) is 5. The molecule has 22 heavy (non-hydrogen) atoms. The zero-order valence-electron chi connectivity index (χ0n) is 13.4. The van der Waals surface area contributed by atoms with Crippen LogP contribution in [0.4, 0.5) is 0 Å². The number of carbonyl (C=O) groups is 1. The Bertz CT molecular complexity index is 459. The Kier molecular flexibility index (Phi) is 7.36. The molecule has 120 valence electrons. The third-order valence-electron chi connectivity index (χ3n) is 4.36. The molecule has 1 heterocycles. The Morgan fingerprint density at radius 3 is 2.59 bits per heavy atom. The first-order chi connectivity index (χ1) is 10.7. The third-order valence-corrected chi connectivity index (χ3v) is 5.25. The number of hydrogen-bond donors (Lipinski definition) is 0. The van der Waals surface area contributed by atoms with Gasteiger partial charge < -0.3 is 4.74 Å². The van der Waals surface area contributed by atoms with E-state index in [0.717, 1.165) is 43.5 Å². The third kappa shape index (κ3) is 5.38. The molecule has 0 saturated heterocycles. The highest BCUT2D eigenvalue weighted by atomic mass is 32.1. The van der Waals surface area contributed by atoms with Gasteiger partial charge in [0, 0.05) is 5.92 Å². The molecule has 1 aromatic rings. The lowest BCUT2D eigenvalue weighted by atomic mass is 9.82. The molecular weight excluding hydrogens is 295 g/mol. The van der Waals surface area contributed by atoms with E-state index >= 15 is 0 Å². The maximum absolute atomic E-state index is 12.1. The minimum atomic E-state index is -0.00859. The van der Waals surface area contributed by atoms with Gasteiger partial charge in [-0.3, -0.25) is 4.79 Å². The second kappa shape index (κ2) is 9.28. The van der Waals surface area contributed by atoms with E-state index in [4.69, 9.17) is 12.6 Å². The van der Waals surface area contributed by atoms with Crippen LogP contribution in [-0.4, -0.2) is 29.8 Å². The summed E-state index contributed by atoms with van der Waals surface area (Å²) in [4.78, 5) is 16.3. The second-order valence-corrected chi connectivity index (χ2v) is 6.90. The first-order valence-electron chi connectivity index (χ1n) is 8.46. The van der Waals surface area contributed by atoms with Crippen LogP contribution in [0.1, 0.15) is 75.6 Å². The SMILES string of the molecule is [B]c1nsc(C2CCC(C(=O)OCCCCCCC)CC2)n1. The van der Waals surface area contributed by atoms with Gasteiger partial charge in [-0.15, -0.1) is 0 Å². The monoisotopic (exact) mass is 320 g/mol. The molecule has 0 N–H and O–H groups in total. The van der Waals surface area contributed by atoms with Crippen LogP contribution in [-0.2, 0) is 9.53 Å². The maximum Gasteiger partial charge on any atom is 0.308 e. The van der Waals surface area contributed by atoms with Gasteiger partial charge in [0.15, 0.2) is 7.85 Å². The standard InChI is InChI=1S/C16H25BN2O2S/c1-2-3-4-5-6-11-21-15(20)13-9-7-12(8-10-13)14-18-16(17)19-22-14/h12-13H,2-11H2,1H3. The lowest BCUT2D eigenvalue weighted by molar-refractivity contribution is -0.149. The highest BCUT2D eigenvalue weighted by Gasteiger charge is 2.29. The van der Waals surface area contributed by atoms with Gasteiger partial charge in [-0.1, -0.05) is 32.6 Å². The maximum atomic E-state index is 12.1. The van der Waals surface area contributed by atoms with E-state index in [1.807, 2.05) is 0 Å². The van der Waals surface area contributed by atoms with Crippen LogP contribution in [0.25, 0.3) is 0 Å². The van der Waals surface area contributed by atoms with Gasteiger partial charge >= 0.3 is 5.97 Å². The molecule has 0 unspecified atom stereocenters. The van der Waals surface area contributed by atoms with Crippen LogP contribution >= 0.6 is 11.5 Å². The zero-order valence-corrected chi connectivity index (χ0v) is 14.2. The summed E-state index contributed by atoms with van der Waals surface area (Å²) in [5.41, 5.74) is 0.365. The fraction of sp³-hybridized carbons (Fsp3) is 0.812. The van der Waals surface area contributed by atoms with E-state index in [-0.39, 0.29) is 11.9 Å². The molecule has 2 radical (unpaired) electrons. The van der Waals surface area contributed by atoms with E-state index in [2.05, 4.69) is 16.3 Å². The summed E-state index contributed by atoms with van der Waals surface area (Å²) in [6.07, 6.45) is 9.63. The molecule has 6 heteroatoms. The fourth-order valence-electron chi connectivity index (χ4n) is 2.99. The Morgan fingerprint density at radius 1 is 1.23 bits per heavy atom. The molecule has 0 atom stereocenters. The second-order valence-electron chi connectivity index (χ2n) is 6.12. The number of aromatic nitrogens is 2. The summed E-state index contributed by atoms with van der Waals surface area (Å²) in [7, 11) is 5.57. The predicted octanol–water partition coefficient (Wildman–Crippen LogP) is 3.12. The topological polar surface area (TPSA) is 52.1 Å². The van der Waals surface area contributed by atoms with Gasteiger partial charge in [-0.05, 0) is 43.6 Å². The van der Waals surface area contributed by atoms with Crippen molar-refractivity contribution >= 4 is 31.1 Å². The molecule has 0 aliphatic heterocycles. The molecular formula is C16H25BN2O2S. The quantitative estimate of drug-likeness (QED) is 0.419. The lowest BCUT2D eigenvalue weighted by Gasteiger charge is -2.25. The number of esters is 1. The number of unbranched alkanes of at least 4 members (excludes halogenated alkanes) is 4. The van der Waals surface area contributed by atoms with E-state index in [1.165, 1.54) is 30.8 Å². The molecule has 1 fully saturated rings. The summed E-state index contributed by atoms with van der Waals surface area (Å²) in [5.74, 6) is 0.468. The molecule has 0 bridgehead atoms. The lowest BCUT2D eigenvalue weighted by Crippen LogP contribution is -2.23. The molecule has 0 amide bonds. The summed E-state index contributed by atoms with van der Waals surface area (Å²) in [6, 6.07) is 0. The minimum Gasteiger partial charge on any atom is -0.465 e. The van der Waals surface area contributed by atoms with Crippen molar-refractivity contribution < 1.29 is 9.53 Å². The van der Waals surface area contributed by atoms with Gasteiger partial charge in [0.25, 0.3) is 0 Å². The van der Waals surface area contributed by atoms with E-state index < -0.39 is 0 Å². The van der Waals surface area contributed by atoms with Crippen LogP contribution in [0.15, 0.2) is 0 Å². The normalized spacial score (nSPS) is 21.7. The Morgan fingerprint density at radius 2 is 1.95 bits per heavy atom. The molecule has 1 saturated carbocycles.